The van der Waals surface area contributed by atoms with Gasteiger partial charge in [-0.1, -0.05) is 68.2 Å². The Kier molecular flexibility index (Phi) is 9.38. The van der Waals surface area contributed by atoms with Crippen molar-refractivity contribution in [2.75, 3.05) is 23.7 Å². The van der Waals surface area contributed by atoms with Gasteiger partial charge in [-0.05, 0) is 37.1 Å². The smallest absolute Gasteiger partial charge is 1.00 e. The van der Waals surface area contributed by atoms with Crippen LogP contribution in [0.3, 0.4) is 0 Å². The molecule has 1 aromatic rings. The van der Waals surface area contributed by atoms with Crippen LogP contribution >= 0.6 is 24.0 Å². The summed E-state index contributed by atoms with van der Waals surface area (Å²) in [6.45, 7) is 7.17. The molecule has 0 unspecified atom stereocenters. The summed E-state index contributed by atoms with van der Waals surface area (Å²) in [5.41, 5.74) is 2.94. The van der Waals surface area contributed by atoms with Crippen LogP contribution in [-0.4, -0.2) is 46.9 Å². The number of thiocarbonyl (C=S) groups is 1. The first-order valence-corrected chi connectivity index (χ1v) is 12.8. The maximum absolute atomic E-state index is 12.3. The van der Waals surface area contributed by atoms with Gasteiger partial charge in [0, 0.05) is 29.9 Å². The molecule has 0 radical (unpaired) electrons. The van der Waals surface area contributed by atoms with Gasteiger partial charge >= 0.3 is 29.6 Å². The van der Waals surface area contributed by atoms with E-state index in [0.29, 0.717) is 28.7 Å². The van der Waals surface area contributed by atoms with E-state index < -0.39 is 10.1 Å². The van der Waals surface area contributed by atoms with Gasteiger partial charge in [-0.15, -0.1) is 0 Å². The molecule has 0 atom stereocenters. The number of para-hydroxylation sites is 1. The maximum atomic E-state index is 12.3. The third-order valence-electron chi connectivity index (χ3n) is 5.39. The van der Waals surface area contributed by atoms with Gasteiger partial charge in [0.05, 0.1) is 10.7 Å². The van der Waals surface area contributed by atoms with Gasteiger partial charge in [-0.25, -0.2) is 0 Å². The first kappa shape index (κ1) is 27.3. The molecule has 0 aromatic heterocycles. The molecule has 1 fully saturated rings. The predicted octanol–water partition coefficient (Wildman–Crippen LogP) is 1.38. The Bertz CT molecular complexity index is 1100. The minimum atomic E-state index is -4.00. The van der Waals surface area contributed by atoms with E-state index in [0.717, 1.165) is 16.9 Å². The third-order valence-corrected chi connectivity index (χ3v) is 7.59. The molecule has 1 amide bonds. The zero-order valence-electron chi connectivity index (χ0n) is 19.7. The molecule has 0 aliphatic carbocycles. The topological polar surface area (TPSA) is 77.9 Å². The van der Waals surface area contributed by atoms with E-state index in [1.807, 2.05) is 43.4 Å². The van der Waals surface area contributed by atoms with E-state index in [4.69, 9.17) is 16.8 Å². The quantitative estimate of drug-likeness (QED) is 0.261. The number of hydrogen-bond donors (Lipinski definition) is 1. The molecule has 1 aromatic carbocycles. The van der Waals surface area contributed by atoms with E-state index in [2.05, 4.69) is 24.8 Å². The fraction of sp³-hybridized carbons (Fsp3) is 0.364. The SMILES string of the molecule is CCN1C(=O)C(=CC=CC=C2N(CCCS(=O)(=O)O)c3ccccc3C2(C)C)SC1=S.[H-].[Na+]. The largest absolute Gasteiger partial charge is 1.00 e. The fourth-order valence-electron chi connectivity index (χ4n) is 3.86. The molecular weight excluding hydrogens is 475 g/mol. The van der Waals surface area contributed by atoms with Crippen molar-refractivity contribution in [3.63, 3.8) is 0 Å². The number of likely N-dealkylation sites (N-methyl/N-ethyl adjacent to an activating group) is 1. The van der Waals surface area contributed by atoms with Gasteiger partial charge in [0.2, 0.25) is 0 Å². The number of carbonyl (C=O) groups excluding carboxylic acids is 1. The van der Waals surface area contributed by atoms with E-state index in [9.17, 15) is 13.2 Å². The Morgan fingerprint density at radius 3 is 2.47 bits per heavy atom. The number of rotatable bonds is 7. The van der Waals surface area contributed by atoms with Crippen molar-refractivity contribution in [3.05, 3.63) is 64.7 Å². The van der Waals surface area contributed by atoms with Crippen LogP contribution in [0.2, 0.25) is 0 Å². The summed E-state index contributed by atoms with van der Waals surface area (Å²) in [7, 11) is -4.00. The summed E-state index contributed by atoms with van der Waals surface area (Å²) in [4.78, 5) is 16.6. The Morgan fingerprint density at radius 1 is 1.19 bits per heavy atom. The number of benzene rings is 1. The zero-order chi connectivity index (χ0) is 22.8. The Labute approximate surface area is 223 Å². The monoisotopic (exact) mass is 502 g/mol. The van der Waals surface area contributed by atoms with E-state index >= 15 is 0 Å². The number of hydrogen-bond acceptors (Lipinski definition) is 6. The maximum Gasteiger partial charge on any atom is 1.00 e. The third kappa shape index (κ3) is 5.94. The standard InChI is InChI=1S/C22H26N2O4S3.Na.H/c1-4-23-20(25)18(30-21(23)29)12-7-8-13-19-22(2,3)16-10-5-6-11-17(16)24(19)14-9-15-31(26,27)28;;/h5-8,10-13H,4,9,14-15H2,1-3H3,(H,26,27,28);;/q;+1;-1. The molecule has 2 aliphatic heterocycles. The fourth-order valence-corrected chi connectivity index (χ4v) is 5.69. The Hall–Kier alpha value is -0.940. The molecule has 1 N–H and O–H groups in total. The van der Waals surface area contributed by atoms with E-state index in [1.165, 1.54) is 11.8 Å². The van der Waals surface area contributed by atoms with Gasteiger partial charge < -0.3 is 6.33 Å². The first-order chi connectivity index (χ1) is 14.6. The van der Waals surface area contributed by atoms with E-state index in [-0.39, 0.29) is 48.1 Å². The van der Waals surface area contributed by atoms with Gasteiger partial charge in [0.1, 0.15) is 4.32 Å². The molecule has 3 rings (SSSR count). The predicted molar refractivity (Wildman–Crippen MR) is 132 cm³/mol. The summed E-state index contributed by atoms with van der Waals surface area (Å²) in [5.74, 6) is -0.357. The molecule has 0 saturated carbocycles. The summed E-state index contributed by atoms with van der Waals surface area (Å²) < 4.78 is 32.0. The molecule has 0 bridgehead atoms. The number of fused-ring (bicyclic) bond motifs is 1. The van der Waals surface area contributed by atoms with Crippen LogP contribution in [0.5, 0.6) is 0 Å². The molecule has 0 spiro atoms. The second-order valence-electron chi connectivity index (χ2n) is 7.82. The molecule has 168 valence electrons. The average Bonchev–Trinajstić information content (AvgIpc) is 3.08. The van der Waals surface area contributed by atoms with Crippen molar-refractivity contribution in [3.8, 4) is 0 Å². The molecule has 2 heterocycles. The van der Waals surface area contributed by atoms with Crippen LogP contribution in [-0.2, 0) is 20.3 Å². The molecule has 10 heteroatoms. The van der Waals surface area contributed by atoms with Gasteiger partial charge in [-0.2, -0.15) is 8.42 Å². The average molecular weight is 503 g/mol. The van der Waals surface area contributed by atoms with Crippen LogP contribution < -0.4 is 34.5 Å². The molecule has 1 saturated heterocycles. The minimum absolute atomic E-state index is 0. The Morgan fingerprint density at radius 2 is 1.84 bits per heavy atom. The van der Waals surface area contributed by atoms with Crippen LogP contribution in [0, 0.1) is 0 Å². The van der Waals surface area contributed by atoms with Crippen molar-refractivity contribution in [2.45, 2.75) is 32.6 Å². The second kappa shape index (κ2) is 11.0. The van der Waals surface area contributed by atoms with Crippen LogP contribution in [0.25, 0.3) is 0 Å². The van der Waals surface area contributed by atoms with Crippen molar-refractivity contribution >= 4 is 50.0 Å². The minimum Gasteiger partial charge on any atom is -1.00 e. The van der Waals surface area contributed by atoms with Gasteiger partial charge in [0.25, 0.3) is 16.0 Å². The van der Waals surface area contributed by atoms with Crippen LogP contribution in [0.15, 0.2) is 59.2 Å². The van der Waals surface area contributed by atoms with Crippen molar-refractivity contribution in [2.24, 2.45) is 0 Å². The summed E-state index contributed by atoms with van der Waals surface area (Å²) in [6.07, 6.45) is 7.78. The number of thioether (sulfide) groups is 1. The molecular formula is C22H27N2NaO4S3. The summed E-state index contributed by atoms with van der Waals surface area (Å²) in [5, 5.41) is 0. The number of amides is 1. The van der Waals surface area contributed by atoms with Crippen molar-refractivity contribution in [1.29, 1.82) is 0 Å². The van der Waals surface area contributed by atoms with Gasteiger partial charge in [0.15, 0.2) is 0 Å². The summed E-state index contributed by atoms with van der Waals surface area (Å²) >= 11 is 6.53. The molecule has 32 heavy (non-hydrogen) atoms. The van der Waals surface area contributed by atoms with Crippen molar-refractivity contribution < 1.29 is 48.7 Å². The zero-order valence-corrected chi connectivity index (χ0v) is 23.2. The van der Waals surface area contributed by atoms with Crippen LogP contribution in [0.1, 0.15) is 34.2 Å². The van der Waals surface area contributed by atoms with Crippen molar-refractivity contribution in [1.82, 2.24) is 4.90 Å². The molecule has 2 aliphatic rings. The number of nitrogens with zero attached hydrogens (tertiary/aromatic N) is 2. The second-order valence-corrected chi connectivity index (χ2v) is 11.1. The van der Waals surface area contributed by atoms with E-state index in [1.54, 1.807) is 11.0 Å². The van der Waals surface area contributed by atoms with Gasteiger partial charge in [-0.3, -0.25) is 14.2 Å². The number of anilines is 1. The number of allylic oxidation sites excluding steroid dienone is 5. The Balaban J connectivity index is 0.00000272. The summed E-state index contributed by atoms with van der Waals surface area (Å²) in [6, 6.07) is 8.04. The first-order valence-electron chi connectivity index (χ1n) is 10.0. The normalized spacial score (nSPS) is 20.5. The van der Waals surface area contributed by atoms with Crippen LogP contribution in [0.4, 0.5) is 5.69 Å². The molecule has 6 nitrogen and oxygen atoms in total. The number of carbonyl (C=O) groups is 1.